The highest BCUT2D eigenvalue weighted by Crippen LogP contribution is 1.98. The van der Waals surface area contributed by atoms with Crippen LogP contribution < -0.4 is 5.32 Å². The minimum atomic E-state index is 0.540. The minimum Gasteiger partial charge on any atom is -0.310 e. The molecule has 0 radical (unpaired) electrons. The molecule has 72 valence electrons. The van der Waals surface area contributed by atoms with Crippen LogP contribution in [-0.2, 0) is 6.54 Å². The molecule has 1 aromatic heterocycles. The molecule has 13 heavy (non-hydrogen) atoms. The maximum atomic E-state index is 4.19. The molecule has 1 aliphatic rings. The highest BCUT2D eigenvalue weighted by molar-refractivity contribution is 4.82. The number of hydrogen-bond donors (Lipinski definition) is 1. The molecule has 1 fully saturated rings. The van der Waals surface area contributed by atoms with Crippen molar-refractivity contribution >= 4 is 0 Å². The average molecular weight is 180 g/mol. The second-order valence-corrected chi connectivity index (χ2v) is 3.64. The molecule has 0 saturated carbocycles. The quantitative estimate of drug-likeness (QED) is 0.683. The lowest BCUT2D eigenvalue weighted by Crippen LogP contribution is -2.50. The lowest BCUT2D eigenvalue weighted by molar-refractivity contribution is 0.221. The third-order valence-electron chi connectivity index (χ3n) is 2.43. The van der Waals surface area contributed by atoms with Crippen molar-refractivity contribution in [1.82, 2.24) is 20.0 Å². The van der Waals surface area contributed by atoms with Gasteiger partial charge in [0.15, 0.2) is 0 Å². The van der Waals surface area contributed by atoms with E-state index in [1.807, 2.05) is 23.1 Å². The van der Waals surface area contributed by atoms with E-state index in [0.717, 1.165) is 26.2 Å². The molecule has 4 heteroatoms. The standard InChI is InChI=1S/C9H16N4/c1-12-6-4-10-9(7-12)8-13-5-2-3-11-13/h2-3,5,9-10H,4,6-8H2,1H3. The summed E-state index contributed by atoms with van der Waals surface area (Å²) in [7, 11) is 2.16. The van der Waals surface area contributed by atoms with Crippen LogP contribution in [0.2, 0.25) is 0 Å². The Morgan fingerprint density at radius 1 is 1.62 bits per heavy atom. The molecular formula is C9H16N4. The van der Waals surface area contributed by atoms with Crippen molar-refractivity contribution < 1.29 is 0 Å². The van der Waals surface area contributed by atoms with E-state index < -0.39 is 0 Å². The predicted octanol–water partition coefficient (Wildman–Crippen LogP) is -0.213. The van der Waals surface area contributed by atoms with Gasteiger partial charge in [0.2, 0.25) is 0 Å². The summed E-state index contributed by atoms with van der Waals surface area (Å²) in [6, 6.07) is 2.51. The highest BCUT2D eigenvalue weighted by Gasteiger charge is 2.16. The molecule has 1 unspecified atom stereocenters. The molecule has 1 N–H and O–H groups in total. The van der Waals surface area contributed by atoms with Gasteiger partial charge in [-0.3, -0.25) is 4.68 Å². The van der Waals surface area contributed by atoms with Crippen molar-refractivity contribution in [3.8, 4) is 0 Å². The average Bonchev–Trinajstić information content (AvgIpc) is 2.57. The Morgan fingerprint density at radius 2 is 2.54 bits per heavy atom. The largest absolute Gasteiger partial charge is 0.310 e. The Labute approximate surface area is 78.5 Å². The maximum absolute atomic E-state index is 4.19. The summed E-state index contributed by atoms with van der Waals surface area (Å²) in [6.45, 7) is 4.31. The summed E-state index contributed by atoms with van der Waals surface area (Å²) in [6.07, 6.45) is 3.84. The molecule has 2 heterocycles. The van der Waals surface area contributed by atoms with Crippen LogP contribution in [0.4, 0.5) is 0 Å². The number of aromatic nitrogens is 2. The minimum absolute atomic E-state index is 0.540. The van der Waals surface area contributed by atoms with Gasteiger partial charge in [-0.05, 0) is 13.1 Å². The van der Waals surface area contributed by atoms with Crippen LogP contribution in [-0.4, -0.2) is 47.4 Å². The number of nitrogens with zero attached hydrogens (tertiary/aromatic N) is 3. The molecule has 1 atom stereocenters. The van der Waals surface area contributed by atoms with Gasteiger partial charge in [0.1, 0.15) is 0 Å². The van der Waals surface area contributed by atoms with Crippen LogP contribution in [0.5, 0.6) is 0 Å². The van der Waals surface area contributed by atoms with Gasteiger partial charge < -0.3 is 10.2 Å². The Morgan fingerprint density at radius 3 is 3.23 bits per heavy atom. The van der Waals surface area contributed by atoms with Gasteiger partial charge in [0.05, 0.1) is 6.54 Å². The monoisotopic (exact) mass is 180 g/mol. The highest BCUT2D eigenvalue weighted by atomic mass is 15.3. The van der Waals surface area contributed by atoms with Crippen LogP contribution in [0.25, 0.3) is 0 Å². The predicted molar refractivity (Wildman–Crippen MR) is 51.5 cm³/mol. The molecular weight excluding hydrogens is 164 g/mol. The summed E-state index contributed by atoms with van der Waals surface area (Å²) >= 11 is 0. The van der Waals surface area contributed by atoms with E-state index in [1.165, 1.54) is 0 Å². The van der Waals surface area contributed by atoms with Crippen LogP contribution in [0.1, 0.15) is 0 Å². The van der Waals surface area contributed by atoms with Gasteiger partial charge in [-0.1, -0.05) is 0 Å². The smallest absolute Gasteiger partial charge is 0.0575 e. The molecule has 0 aromatic carbocycles. The summed E-state index contributed by atoms with van der Waals surface area (Å²) in [5.74, 6) is 0. The third-order valence-corrected chi connectivity index (χ3v) is 2.43. The summed E-state index contributed by atoms with van der Waals surface area (Å²) in [5.41, 5.74) is 0. The van der Waals surface area contributed by atoms with E-state index in [9.17, 15) is 0 Å². The molecule has 1 aromatic rings. The third kappa shape index (κ3) is 2.29. The van der Waals surface area contributed by atoms with Gasteiger partial charge in [0.25, 0.3) is 0 Å². The van der Waals surface area contributed by atoms with Crippen LogP contribution in [0, 0.1) is 0 Å². The fourth-order valence-corrected chi connectivity index (χ4v) is 1.75. The molecule has 0 spiro atoms. The lowest BCUT2D eigenvalue weighted by Gasteiger charge is -2.30. The zero-order chi connectivity index (χ0) is 9.10. The number of nitrogens with one attached hydrogen (secondary N) is 1. The Hall–Kier alpha value is -0.870. The molecule has 0 amide bonds. The topological polar surface area (TPSA) is 33.1 Å². The van der Waals surface area contributed by atoms with Gasteiger partial charge >= 0.3 is 0 Å². The number of rotatable bonds is 2. The van der Waals surface area contributed by atoms with E-state index in [-0.39, 0.29) is 0 Å². The molecule has 4 nitrogen and oxygen atoms in total. The number of hydrogen-bond acceptors (Lipinski definition) is 3. The normalized spacial score (nSPS) is 24.8. The summed E-state index contributed by atoms with van der Waals surface area (Å²) in [4.78, 5) is 2.35. The lowest BCUT2D eigenvalue weighted by atomic mass is 10.2. The van der Waals surface area contributed by atoms with Gasteiger partial charge in [-0.15, -0.1) is 0 Å². The maximum Gasteiger partial charge on any atom is 0.0575 e. The van der Waals surface area contributed by atoms with Gasteiger partial charge in [0, 0.05) is 38.1 Å². The molecule has 2 rings (SSSR count). The van der Waals surface area contributed by atoms with E-state index in [1.54, 1.807) is 0 Å². The zero-order valence-corrected chi connectivity index (χ0v) is 7.98. The molecule has 0 bridgehead atoms. The van der Waals surface area contributed by atoms with E-state index in [0.29, 0.717) is 6.04 Å². The van der Waals surface area contributed by atoms with Crippen LogP contribution in [0.15, 0.2) is 18.5 Å². The first kappa shape index (κ1) is 8.72. The molecule has 0 aliphatic carbocycles. The van der Waals surface area contributed by atoms with Crippen molar-refractivity contribution in [3.05, 3.63) is 18.5 Å². The first-order valence-electron chi connectivity index (χ1n) is 4.74. The van der Waals surface area contributed by atoms with Crippen molar-refractivity contribution in [2.24, 2.45) is 0 Å². The second-order valence-electron chi connectivity index (χ2n) is 3.64. The first-order chi connectivity index (χ1) is 6.34. The van der Waals surface area contributed by atoms with E-state index in [4.69, 9.17) is 0 Å². The molecule has 1 aliphatic heterocycles. The van der Waals surface area contributed by atoms with Crippen LogP contribution >= 0.6 is 0 Å². The van der Waals surface area contributed by atoms with Crippen LogP contribution in [0.3, 0.4) is 0 Å². The Kier molecular flexibility index (Phi) is 2.61. The van der Waals surface area contributed by atoms with Gasteiger partial charge in [-0.2, -0.15) is 5.10 Å². The van der Waals surface area contributed by atoms with Crippen molar-refractivity contribution in [2.45, 2.75) is 12.6 Å². The fraction of sp³-hybridized carbons (Fsp3) is 0.667. The summed E-state index contributed by atoms with van der Waals surface area (Å²) < 4.78 is 1.98. The van der Waals surface area contributed by atoms with E-state index >= 15 is 0 Å². The SMILES string of the molecule is CN1CCNC(Cn2cccn2)C1. The fourth-order valence-electron chi connectivity index (χ4n) is 1.75. The van der Waals surface area contributed by atoms with Crippen molar-refractivity contribution in [3.63, 3.8) is 0 Å². The van der Waals surface area contributed by atoms with Crippen molar-refractivity contribution in [2.75, 3.05) is 26.7 Å². The Balaban J connectivity index is 1.87. The number of likely N-dealkylation sites (N-methyl/N-ethyl adjacent to an activating group) is 1. The zero-order valence-electron chi connectivity index (χ0n) is 7.98. The van der Waals surface area contributed by atoms with E-state index in [2.05, 4.69) is 22.4 Å². The van der Waals surface area contributed by atoms with Gasteiger partial charge in [-0.25, -0.2) is 0 Å². The molecule has 1 saturated heterocycles. The summed E-state index contributed by atoms with van der Waals surface area (Å²) in [5, 5.41) is 7.68. The number of piperazine rings is 1. The van der Waals surface area contributed by atoms with Crippen molar-refractivity contribution in [1.29, 1.82) is 0 Å². The second kappa shape index (κ2) is 3.89. The Bertz CT molecular complexity index is 244. The first-order valence-corrected chi connectivity index (χ1v) is 4.74.